The van der Waals surface area contributed by atoms with Gasteiger partial charge in [-0.05, 0) is 18.2 Å². The van der Waals surface area contributed by atoms with Crippen molar-refractivity contribution in [3.8, 4) is 0 Å². The Morgan fingerprint density at radius 3 is 2.68 bits per heavy atom. The minimum absolute atomic E-state index is 0.0135. The summed E-state index contributed by atoms with van der Waals surface area (Å²) in [5, 5.41) is 0.877. The Labute approximate surface area is 145 Å². The van der Waals surface area contributed by atoms with Crippen molar-refractivity contribution in [1.82, 2.24) is 19.8 Å². The molecule has 3 aromatic rings. The van der Waals surface area contributed by atoms with Gasteiger partial charge in [-0.1, -0.05) is 12.1 Å². The van der Waals surface area contributed by atoms with E-state index in [2.05, 4.69) is 14.9 Å². The number of fused-ring (bicyclic) bond motifs is 1. The maximum absolute atomic E-state index is 12.3. The molecule has 0 saturated carbocycles. The van der Waals surface area contributed by atoms with E-state index in [4.69, 9.17) is 10.2 Å². The first-order chi connectivity index (χ1) is 12.2. The zero-order chi connectivity index (χ0) is 17.2. The van der Waals surface area contributed by atoms with E-state index in [1.54, 1.807) is 6.07 Å². The molecule has 1 amide bonds. The van der Waals surface area contributed by atoms with Crippen LogP contribution in [0.4, 0.5) is 5.82 Å². The molecule has 1 saturated heterocycles. The Kier molecular flexibility index (Phi) is 4.07. The monoisotopic (exact) mass is 337 g/mol. The van der Waals surface area contributed by atoms with Gasteiger partial charge in [-0.3, -0.25) is 9.69 Å². The van der Waals surface area contributed by atoms with Crippen LogP contribution < -0.4 is 5.73 Å². The number of furan rings is 1. The smallest absolute Gasteiger partial charge is 0.257 e. The summed E-state index contributed by atoms with van der Waals surface area (Å²) in [6, 6.07) is 9.43. The summed E-state index contributed by atoms with van der Waals surface area (Å²) in [4.78, 5) is 25.4. The zero-order valence-electron chi connectivity index (χ0n) is 13.8. The standard InChI is InChI=1S/C18H19N5O2/c19-17-14-3-1-2-4-15(14)20-16(21-17)11-22-6-8-23(9-7-22)18(24)13-5-10-25-12-13/h1-5,10,12H,6-9,11H2,(H2,19,20,21). The molecule has 1 aliphatic heterocycles. The number of hydrogen-bond acceptors (Lipinski definition) is 6. The minimum atomic E-state index is 0.0135. The van der Waals surface area contributed by atoms with Crippen LogP contribution in [0.25, 0.3) is 10.9 Å². The molecule has 3 heterocycles. The molecule has 25 heavy (non-hydrogen) atoms. The number of carbonyl (C=O) groups is 1. The third-order valence-electron chi connectivity index (χ3n) is 4.47. The van der Waals surface area contributed by atoms with Crippen molar-refractivity contribution in [1.29, 1.82) is 0 Å². The van der Waals surface area contributed by atoms with Crippen molar-refractivity contribution in [2.45, 2.75) is 6.54 Å². The number of piperazine rings is 1. The first-order valence-electron chi connectivity index (χ1n) is 8.25. The molecule has 7 heteroatoms. The number of hydrogen-bond donors (Lipinski definition) is 1. The molecular weight excluding hydrogens is 318 g/mol. The predicted octanol–water partition coefficient (Wildman–Crippen LogP) is 1.76. The molecule has 2 N–H and O–H groups in total. The van der Waals surface area contributed by atoms with E-state index in [0.29, 0.717) is 36.8 Å². The second-order valence-electron chi connectivity index (χ2n) is 6.12. The summed E-state index contributed by atoms with van der Waals surface area (Å²) < 4.78 is 4.99. The van der Waals surface area contributed by atoms with Crippen LogP contribution in [0.2, 0.25) is 0 Å². The van der Waals surface area contributed by atoms with Crippen LogP contribution >= 0.6 is 0 Å². The Bertz CT molecular complexity index is 886. The number of nitrogens with two attached hydrogens (primary N) is 1. The van der Waals surface area contributed by atoms with Crippen LogP contribution in [0.3, 0.4) is 0 Å². The van der Waals surface area contributed by atoms with Gasteiger partial charge < -0.3 is 15.1 Å². The number of anilines is 1. The molecular formula is C18H19N5O2. The number of benzene rings is 1. The summed E-state index contributed by atoms with van der Waals surface area (Å²) in [6.07, 6.45) is 3.01. The first kappa shape index (κ1) is 15.6. The number of nitrogen functional groups attached to an aromatic ring is 1. The summed E-state index contributed by atoms with van der Waals surface area (Å²) in [6.45, 7) is 3.53. The topological polar surface area (TPSA) is 88.5 Å². The van der Waals surface area contributed by atoms with Gasteiger partial charge >= 0.3 is 0 Å². The van der Waals surface area contributed by atoms with Gasteiger partial charge in [-0.15, -0.1) is 0 Å². The van der Waals surface area contributed by atoms with Gasteiger partial charge in [0.25, 0.3) is 5.91 Å². The lowest BCUT2D eigenvalue weighted by atomic mass is 10.2. The van der Waals surface area contributed by atoms with Crippen LogP contribution in [0.5, 0.6) is 0 Å². The summed E-state index contributed by atoms with van der Waals surface area (Å²) in [5.41, 5.74) is 7.50. The van der Waals surface area contributed by atoms with E-state index in [-0.39, 0.29) is 5.91 Å². The zero-order valence-corrected chi connectivity index (χ0v) is 13.8. The van der Waals surface area contributed by atoms with E-state index in [9.17, 15) is 4.79 Å². The fraction of sp³-hybridized carbons (Fsp3) is 0.278. The van der Waals surface area contributed by atoms with Crippen LogP contribution in [0.1, 0.15) is 16.2 Å². The lowest BCUT2D eigenvalue weighted by molar-refractivity contribution is 0.0625. The van der Waals surface area contributed by atoms with Gasteiger partial charge in [0.1, 0.15) is 17.9 Å². The first-order valence-corrected chi connectivity index (χ1v) is 8.25. The van der Waals surface area contributed by atoms with Crippen molar-refractivity contribution in [3.05, 3.63) is 54.2 Å². The predicted molar refractivity (Wildman–Crippen MR) is 93.8 cm³/mol. The van der Waals surface area contributed by atoms with Gasteiger partial charge in [-0.2, -0.15) is 0 Å². The van der Waals surface area contributed by atoms with Crippen molar-refractivity contribution in [2.24, 2.45) is 0 Å². The highest BCUT2D eigenvalue weighted by atomic mass is 16.3. The Morgan fingerprint density at radius 2 is 1.92 bits per heavy atom. The summed E-state index contributed by atoms with van der Waals surface area (Å²) >= 11 is 0. The lowest BCUT2D eigenvalue weighted by Gasteiger charge is -2.34. The molecule has 0 atom stereocenters. The SMILES string of the molecule is Nc1nc(CN2CCN(C(=O)c3ccoc3)CC2)nc2ccccc12. The highest BCUT2D eigenvalue weighted by Crippen LogP contribution is 2.18. The Balaban J connectivity index is 1.41. The average Bonchev–Trinajstić information content (AvgIpc) is 3.16. The molecule has 128 valence electrons. The molecule has 0 spiro atoms. The van der Waals surface area contributed by atoms with Gasteiger partial charge in [0.15, 0.2) is 0 Å². The van der Waals surface area contributed by atoms with Crippen molar-refractivity contribution in [2.75, 3.05) is 31.9 Å². The Morgan fingerprint density at radius 1 is 1.12 bits per heavy atom. The van der Waals surface area contributed by atoms with Crippen molar-refractivity contribution < 1.29 is 9.21 Å². The molecule has 1 aromatic carbocycles. The molecule has 4 rings (SSSR count). The second kappa shape index (κ2) is 6.52. The second-order valence-corrected chi connectivity index (χ2v) is 6.12. The van der Waals surface area contributed by atoms with E-state index in [1.807, 2.05) is 29.2 Å². The third kappa shape index (κ3) is 3.18. The van der Waals surface area contributed by atoms with E-state index < -0.39 is 0 Å². The van der Waals surface area contributed by atoms with Gasteiger partial charge in [0, 0.05) is 31.6 Å². The number of carbonyl (C=O) groups excluding carboxylic acids is 1. The molecule has 7 nitrogen and oxygen atoms in total. The van der Waals surface area contributed by atoms with Crippen LogP contribution in [0, 0.1) is 0 Å². The van der Waals surface area contributed by atoms with Crippen molar-refractivity contribution >= 4 is 22.6 Å². The Hall–Kier alpha value is -2.93. The molecule has 0 radical (unpaired) electrons. The number of amides is 1. The quantitative estimate of drug-likeness (QED) is 0.783. The number of nitrogens with zero attached hydrogens (tertiary/aromatic N) is 4. The normalized spacial score (nSPS) is 15.6. The molecule has 1 fully saturated rings. The number of aromatic nitrogens is 2. The van der Waals surface area contributed by atoms with Crippen LogP contribution in [-0.2, 0) is 6.54 Å². The van der Waals surface area contributed by atoms with E-state index in [1.165, 1.54) is 12.5 Å². The number of para-hydroxylation sites is 1. The maximum Gasteiger partial charge on any atom is 0.257 e. The largest absolute Gasteiger partial charge is 0.472 e. The minimum Gasteiger partial charge on any atom is -0.472 e. The third-order valence-corrected chi connectivity index (χ3v) is 4.47. The molecule has 1 aliphatic rings. The molecule has 0 aliphatic carbocycles. The fourth-order valence-corrected chi connectivity index (χ4v) is 3.10. The van der Waals surface area contributed by atoms with Crippen LogP contribution in [-0.4, -0.2) is 51.9 Å². The number of rotatable bonds is 3. The van der Waals surface area contributed by atoms with E-state index in [0.717, 1.165) is 24.0 Å². The van der Waals surface area contributed by atoms with E-state index >= 15 is 0 Å². The highest BCUT2D eigenvalue weighted by molar-refractivity contribution is 5.93. The molecule has 0 bridgehead atoms. The molecule has 2 aromatic heterocycles. The maximum atomic E-state index is 12.3. The van der Waals surface area contributed by atoms with Gasteiger partial charge in [0.05, 0.1) is 23.9 Å². The summed E-state index contributed by atoms with van der Waals surface area (Å²) in [7, 11) is 0. The lowest BCUT2D eigenvalue weighted by Crippen LogP contribution is -2.48. The van der Waals surface area contributed by atoms with Crippen LogP contribution in [0.15, 0.2) is 47.3 Å². The van der Waals surface area contributed by atoms with Gasteiger partial charge in [-0.25, -0.2) is 9.97 Å². The molecule has 0 unspecified atom stereocenters. The van der Waals surface area contributed by atoms with Crippen molar-refractivity contribution in [3.63, 3.8) is 0 Å². The highest BCUT2D eigenvalue weighted by Gasteiger charge is 2.23. The fourth-order valence-electron chi connectivity index (χ4n) is 3.10. The summed E-state index contributed by atoms with van der Waals surface area (Å²) in [5.74, 6) is 1.24. The van der Waals surface area contributed by atoms with Gasteiger partial charge in [0.2, 0.25) is 0 Å². The average molecular weight is 337 g/mol.